The molecule has 1 aliphatic rings. The van der Waals surface area contributed by atoms with Gasteiger partial charge in [-0.2, -0.15) is 0 Å². The molecule has 0 spiro atoms. The van der Waals surface area contributed by atoms with Crippen LogP contribution in [0.3, 0.4) is 0 Å². The van der Waals surface area contributed by atoms with E-state index in [0.717, 1.165) is 24.9 Å². The van der Waals surface area contributed by atoms with Crippen LogP contribution in [0.4, 0.5) is 0 Å². The summed E-state index contributed by atoms with van der Waals surface area (Å²) in [4.78, 5) is 0. The molecule has 1 fully saturated rings. The molecular formula is C14H18N4. The molecule has 1 heterocycles. The maximum Gasteiger partial charge on any atom is 0.0735 e. The van der Waals surface area contributed by atoms with E-state index in [-0.39, 0.29) is 5.41 Å². The van der Waals surface area contributed by atoms with E-state index in [4.69, 9.17) is 5.73 Å². The van der Waals surface area contributed by atoms with Gasteiger partial charge in [0.05, 0.1) is 17.6 Å². The Kier molecular flexibility index (Phi) is 2.67. The number of hydrogen-bond acceptors (Lipinski definition) is 3. The van der Waals surface area contributed by atoms with Crippen molar-refractivity contribution in [1.82, 2.24) is 15.0 Å². The minimum atomic E-state index is 0.0960. The average molecular weight is 242 g/mol. The minimum absolute atomic E-state index is 0.0960. The molecule has 2 atom stereocenters. The fraction of sp³-hybridized carbons (Fsp3) is 0.429. The zero-order valence-electron chi connectivity index (χ0n) is 10.6. The molecule has 0 aliphatic heterocycles. The molecule has 4 nitrogen and oxygen atoms in total. The molecule has 94 valence electrons. The number of para-hydroxylation sites is 1. The molecule has 0 bridgehead atoms. The van der Waals surface area contributed by atoms with Gasteiger partial charge in [0, 0.05) is 11.5 Å². The maximum atomic E-state index is 6.06. The van der Waals surface area contributed by atoms with Gasteiger partial charge in [-0.05, 0) is 31.4 Å². The van der Waals surface area contributed by atoms with E-state index in [1.807, 2.05) is 29.1 Å². The molecule has 0 saturated heterocycles. The van der Waals surface area contributed by atoms with Crippen molar-refractivity contribution in [3.8, 4) is 5.69 Å². The van der Waals surface area contributed by atoms with Crippen molar-refractivity contribution in [1.29, 1.82) is 0 Å². The van der Waals surface area contributed by atoms with Gasteiger partial charge >= 0.3 is 0 Å². The van der Waals surface area contributed by atoms with E-state index in [1.54, 1.807) is 0 Å². The summed E-state index contributed by atoms with van der Waals surface area (Å²) in [6, 6.07) is 10.4. The van der Waals surface area contributed by atoms with Crippen LogP contribution in [-0.2, 0) is 5.41 Å². The van der Waals surface area contributed by atoms with Crippen LogP contribution >= 0.6 is 0 Å². The van der Waals surface area contributed by atoms with Crippen molar-refractivity contribution >= 4 is 0 Å². The third-order valence-electron chi connectivity index (χ3n) is 3.95. The molecule has 0 amide bonds. The lowest BCUT2D eigenvalue weighted by Gasteiger charge is -2.24. The van der Waals surface area contributed by atoms with Gasteiger partial charge in [0.2, 0.25) is 0 Å². The zero-order valence-corrected chi connectivity index (χ0v) is 10.6. The number of aromatic nitrogens is 3. The highest BCUT2D eigenvalue weighted by Gasteiger charge is 2.38. The molecule has 1 saturated carbocycles. The number of rotatable bonds is 2. The SMILES string of the molecule is CC1(c2cnnn2-c2ccccc2)CCC(N)C1. The Morgan fingerprint density at radius 1 is 1.33 bits per heavy atom. The molecule has 0 radical (unpaired) electrons. The predicted molar refractivity (Wildman–Crippen MR) is 70.5 cm³/mol. The van der Waals surface area contributed by atoms with Crippen molar-refractivity contribution in [3.05, 3.63) is 42.2 Å². The second-order valence-corrected chi connectivity index (χ2v) is 5.43. The second kappa shape index (κ2) is 4.21. The molecule has 1 aromatic carbocycles. The van der Waals surface area contributed by atoms with Gasteiger partial charge in [-0.15, -0.1) is 5.10 Å². The molecule has 4 heteroatoms. The summed E-state index contributed by atoms with van der Waals surface area (Å²) >= 11 is 0. The summed E-state index contributed by atoms with van der Waals surface area (Å²) in [5.74, 6) is 0. The highest BCUT2D eigenvalue weighted by Crippen LogP contribution is 2.40. The van der Waals surface area contributed by atoms with Crippen molar-refractivity contribution in [2.24, 2.45) is 5.73 Å². The normalized spacial score (nSPS) is 27.6. The van der Waals surface area contributed by atoms with Gasteiger partial charge in [-0.1, -0.05) is 30.3 Å². The van der Waals surface area contributed by atoms with E-state index in [2.05, 4.69) is 29.4 Å². The third-order valence-corrected chi connectivity index (χ3v) is 3.95. The lowest BCUT2D eigenvalue weighted by Crippen LogP contribution is -2.25. The molecule has 3 rings (SSSR count). The van der Waals surface area contributed by atoms with Crippen LogP contribution in [0.15, 0.2) is 36.5 Å². The van der Waals surface area contributed by atoms with Crippen LogP contribution in [0, 0.1) is 0 Å². The Bertz CT molecular complexity index is 534. The minimum Gasteiger partial charge on any atom is -0.328 e. The van der Waals surface area contributed by atoms with Gasteiger partial charge in [-0.25, -0.2) is 4.68 Å². The van der Waals surface area contributed by atoms with Crippen LogP contribution in [0.5, 0.6) is 0 Å². The first-order chi connectivity index (χ1) is 8.69. The van der Waals surface area contributed by atoms with E-state index in [1.165, 1.54) is 5.69 Å². The van der Waals surface area contributed by atoms with Gasteiger partial charge < -0.3 is 5.73 Å². The largest absolute Gasteiger partial charge is 0.328 e. The molecule has 2 unspecified atom stereocenters. The van der Waals surface area contributed by atoms with Gasteiger partial charge in [-0.3, -0.25) is 0 Å². The van der Waals surface area contributed by atoms with Crippen LogP contribution in [0.2, 0.25) is 0 Å². The molecule has 18 heavy (non-hydrogen) atoms. The highest BCUT2D eigenvalue weighted by molar-refractivity contribution is 5.34. The molecular weight excluding hydrogens is 224 g/mol. The van der Waals surface area contributed by atoms with Gasteiger partial charge in [0.25, 0.3) is 0 Å². The van der Waals surface area contributed by atoms with Crippen LogP contribution in [-0.4, -0.2) is 21.0 Å². The third kappa shape index (κ3) is 1.82. The lowest BCUT2D eigenvalue weighted by atomic mass is 9.85. The summed E-state index contributed by atoms with van der Waals surface area (Å²) in [6.07, 6.45) is 5.07. The van der Waals surface area contributed by atoms with Gasteiger partial charge in [0.15, 0.2) is 0 Å². The Morgan fingerprint density at radius 3 is 2.78 bits per heavy atom. The molecule has 1 aromatic heterocycles. The van der Waals surface area contributed by atoms with Crippen molar-refractivity contribution in [2.45, 2.75) is 37.6 Å². The quantitative estimate of drug-likeness (QED) is 0.876. The first kappa shape index (κ1) is 11.4. The van der Waals surface area contributed by atoms with Crippen molar-refractivity contribution in [2.75, 3.05) is 0 Å². The van der Waals surface area contributed by atoms with Crippen molar-refractivity contribution in [3.63, 3.8) is 0 Å². The molecule has 2 N–H and O–H groups in total. The topological polar surface area (TPSA) is 56.7 Å². The number of nitrogens with two attached hydrogens (primary N) is 1. The van der Waals surface area contributed by atoms with Gasteiger partial charge in [0.1, 0.15) is 0 Å². The summed E-state index contributed by atoms with van der Waals surface area (Å²) in [7, 11) is 0. The Labute approximate surface area is 107 Å². The fourth-order valence-electron chi connectivity index (χ4n) is 2.93. The second-order valence-electron chi connectivity index (χ2n) is 5.43. The van der Waals surface area contributed by atoms with E-state index >= 15 is 0 Å². The number of nitrogens with zero attached hydrogens (tertiary/aromatic N) is 3. The Hall–Kier alpha value is -1.68. The summed E-state index contributed by atoms with van der Waals surface area (Å²) in [5.41, 5.74) is 8.38. The fourth-order valence-corrected chi connectivity index (χ4v) is 2.93. The summed E-state index contributed by atoms with van der Waals surface area (Å²) in [5, 5.41) is 8.31. The smallest absolute Gasteiger partial charge is 0.0735 e. The van der Waals surface area contributed by atoms with Crippen LogP contribution in [0.25, 0.3) is 5.69 Å². The van der Waals surface area contributed by atoms with E-state index in [0.29, 0.717) is 6.04 Å². The molecule has 1 aliphatic carbocycles. The monoisotopic (exact) mass is 242 g/mol. The maximum absolute atomic E-state index is 6.06. The Morgan fingerprint density at radius 2 is 2.11 bits per heavy atom. The average Bonchev–Trinajstić information content (AvgIpc) is 2.98. The Balaban J connectivity index is 2.02. The summed E-state index contributed by atoms with van der Waals surface area (Å²) < 4.78 is 1.94. The molecule has 2 aromatic rings. The predicted octanol–water partition coefficient (Wildman–Crippen LogP) is 2.04. The highest BCUT2D eigenvalue weighted by atomic mass is 15.4. The number of benzene rings is 1. The first-order valence-corrected chi connectivity index (χ1v) is 6.41. The van der Waals surface area contributed by atoms with Crippen LogP contribution in [0.1, 0.15) is 31.9 Å². The summed E-state index contributed by atoms with van der Waals surface area (Å²) in [6.45, 7) is 2.26. The van der Waals surface area contributed by atoms with E-state index < -0.39 is 0 Å². The van der Waals surface area contributed by atoms with Crippen molar-refractivity contribution < 1.29 is 0 Å². The zero-order chi connectivity index (χ0) is 12.6. The first-order valence-electron chi connectivity index (χ1n) is 6.41. The standard InChI is InChI=1S/C14H18N4/c1-14(8-7-11(15)9-14)13-10-16-17-18(13)12-5-3-2-4-6-12/h2-6,10-11H,7-9,15H2,1H3. The lowest BCUT2D eigenvalue weighted by molar-refractivity contribution is 0.452. The number of hydrogen-bond donors (Lipinski definition) is 1. The van der Waals surface area contributed by atoms with Crippen LogP contribution < -0.4 is 5.73 Å². The van der Waals surface area contributed by atoms with E-state index in [9.17, 15) is 0 Å².